The summed E-state index contributed by atoms with van der Waals surface area (Å²) in [4.78, 5) is 37.2. The number of likely N-dealkylation sites (N-methyl/N-ethyl adjacent to an activating group) is 1. The third-order valence-corrected chi connectivity index (χ3v) is 6.38. The second-order valence-corrected chi connectivity index (χ2v) is 8.40. The molecular weight excluding hydrogens is 328 g/mol. The van der Waals surface area contributed by atoms with Gasteiger partial charge in [-0.15, -0.1) is 0 Å². The fourth-order valence-electron chi connectivity index (χ4n) is 4.79. The average molecular weight is 358 g/mol. The Labute approximate surface area is 155 Å². The largest absolute Gasteiger partial charge is 0.342 e. The highest BCUT2D eigenvalue weighted by Gasteiger charge is 2.29. The number of rotatable bonds is 3. The van der Waals surface area contributed by atoms with E-state index in [4.69, 9.17) is 4.98 Å². The number of nitrogens with one attached hydrogen (secondary N) is 1. The van der Waals surface area contributed by atoms with Crippen LogP contribution in [0.5, 0.6) is 0 Å². The molecule has 0 unspecified atom stereocenters. The van der Waals surface area contributed by atoms with Crippen molar-refractivity contribution in [3.63, 3.8) is 0 Å². The van der Waals surface area contributed by atoms with E-state index < -0.39 is 0 Å². The third kappa shape index (κ3) is 3.70. The predicted octanol–water partition coefficient (Wildman–Crippen LogP) is 2.04. The van der Waals surface area contributed by atoms with Crippen molar-refractivity contribution in [2.24, 2.45) is 5.92 Å². The molecule has 0 radical (unpaired) electrons. The molecule has 1 amide bonds. The van der Waals surface area contributed by atoms with Gasteiger partial charge < -0.3 is 14.8 Å². The van der Waals surface area contributed by atoms with Crippen LogP contribution in [0.25, 0.3) is 0 Å². The van der Waals surface area contributed by atoms with Gasteiger partial charge in [0.05, 0.1) is 11.3 Å². The van der Waals surface area contributed by atoms with Gasteiger partial charge >= 0.3 is 0 Å². The van der Waals surface area contributed by atoms with Crippen LogP contribution in [0.4, 0.5) is 0 Å². The van der Waals surface area contributed by atoms with E-state index in [1.807, 2.05) is 11.9 Å². The van der Waals surface area contributed by atoms with Gasteiger partial charge in [-0.1, -0.05) is 12.8 Å². The van der Waals surface area contributed by atoms with Crippen molar-refractivity contribution >= 4 is 5.91 Å². The predicted molar refractivity (Wildman–Crippen MR) is 100 cm³/mol. The van der Waals surface area contributed by atoms with Gasteiger partial charge in [-0.2, -0.15) is 0 Å². The molecular formula is C20H30N4O2. The second-order valence-electron chi connectivity index (χ2n) is 8.40. The maximum Gasteiger partial charge on any atom is 0.255 e. The van der Waals surface area contributed by atoms with E-state index in [0.29, 0.717) is 31.3 Å². The molecule has 6 nitrogen and oxygen atoms in total. The summed E-state index contributed by atoms with van der Waals surface area (Å²) in [6.07, 6.45) is 8.48. The van der Waals surface area contributed by atoms with Crippen molar-refractivity contribution in [1.82, 2.24) is 19.8 Å². The van der Waals surface area contributed by atoms with Gasteiger partial charge in [0, 0.05) is 44.9 Å². The summed E-state index contributed by atoms with van der Waals surface area (Å²) < 4.78 is 0. The molecule has 0 aromatic carbocycles. The second kappa shape index (κ2) is 7.51. The minimum absolute atomic E-state index is 0.00551. The first-order chi connectivity index (χ1) is 12.6. The van der Waals surface area contributed by atoms with E-state index in [0.717, 1.165) is 49.4 Å². The topological polar surface area (TPSA) is 69.3 Å². The number of carbonyl (C=O) groups excluding carboxylic acids is 1. The Bertz CT molecular complexity index is 723. The Morgan fingerprint density at radius 1 is 1.19 bits per heavy atom. The molecule has 3 heterocycles. The lowest BCUT2D eigenvalue weighted by molar-refractivity contribution is -0.133. The Kier molecular flexibility index (Phi) is 5.11. The number of fused-ring (bicyclic) bond motifs is 1. The minimum Gasteiger partial charge on any atom is -0.342 e. The number of likely N-dealkylation sites (tertiary alicyclic amines) is 1. The van der Waals surface area contributed by atoms with E-state index in [9.17, 15) is 9.59 Å². The maximum absolute atomic E-state index is 12.7. The fraction of sp³-hybridized carbons (Fsp3) is 0.750. The summed E-state index contributed by atoms with van der Waals surface area (Å²) >= 11 is 0. The van der Waals surface area contributed by atoms with Crippen LogP contribution < -0.4 is 5.56 Å². The quantitative estimate of drug-likeness (QED) is 0.898. The molecule has 1 saturated carbocycles. The van der Waals surface area contributed by atoms with E-state index in [2.05, 4.69) is 9.88 Å². The highest BCUT2D eigenvalue weighted by atomic mass is 16.2. The van der Waals surface area contributed by atoms with Gasteiger partial charge in [-0.3, -0.25) is 9.59 Å². The number of piperidine rings is 1. The van der Waals surface area contributed by atoms with E-state index in [1.165, 1.54) is 25.7 Å². The minimum atomic E-state index is 0.00551. The highest BCUT2D eigenvalue weighted by molar-refractivity contribution is 5.76. The molecule has 0 bridgehead atoms. The van der Waals surface area contributed by atoms with E-state index >= 15 is 0 Å². The number of aromatic amines is 1. The van der Waals surface area contributed by atoms with E-state index in [1.54, 1.807) is 0 Å². The van der Waals surface area contributed by atoms with E-state index in [-0.39, 0.29) is 11.5 Å². The van der Waals surface area contributed by atoms with Gasteiger partial charge in [-0.05, 0) is 38.6 Å². The van der Waals surface area contributed by atoms with Crippen LogP contribution >= 0.6 is 0 Å². The SMILES string of the molecule is CN1CCc2nc([C@@H]3CCCN(C(=O)CC4CCCC4)C3)[nH]c(=O)c2C1. The van der Waals surface area contributed by atoms with Crippen LogP contribution in [-0.4, -0.2) is 52.4 Å². The Balaban J connectivity index is 1.46. The maximum atomic E-state index is 12.7. The molecule has 1 atom stereocenters. The molecule has 26 heavy (non-hydrogen) atoms. The van der Waals surface area contributed by atoms with Crippen LogP contribution in [0.2, 0.25) is 0 Å². The molecule has 4 rings (SSSR count). The lowest BCUT2D eigenvalue weighted by Crippen LogP contribution is -2.41. The molecule has 1 saturated heterocycles. The zero-order valence-electron chi connectivity index (χ0n) is 15.8. The van der Waals surface area contributed by atoms with Crippen LogP contribution in [0.1, 0.15) is 67.9 Å². The Morgan fingerprint density at radius 2 is 2.00 bits per heavy atom. The fourth-order valence-corrected chi connectivity index (χ4v) is 4.79. The summed E-state index contributed by atoms with van der Waals surface area (Å²) in [5, 5.41) is 0. The number of carbonyl (C=O) groups is 1. The zero-order valence-corrected chi connectivity index (χ0v) is 15.8. The summed E-state index contributed by atoms with van der Waals surface area (Å²) in [6, 6.07) is 0. The number of amides is 1. The van der Waals surface area contributed by atoms with Crippen molar-refractivity contribution < 1.29 is 4.79 Å². The summed E-state index contributed by atoms with van der Waals surface area (Å²) in [5.74, 6) is 1.83. The smallest absolute Gasteiger partial charge is 0.255 e. The zero-order chi connectivity index (χ0) is 18.1. The normalized spacial score (nSPS) is 24.7. The monoisotopic (exact) mass is 358 g/mol. The van der Waals surface area contributed by atoms with Crippen LogP contribution in [-0.2, 0) is 17.8 Å². The Hall–Kier alpha value is -1.69. The molecule has 6 heteroatoms. The van der Waals surface area contributed by atoms with Crippen LogP contribution in [0.3, 0.4) is 0 Å². The van der Waals surface area contributed by atoms with Crippen molar-refractivity contribution in [3.05, 3.63) is 27.4 Å². The molecule has 0 spiro atoms. The summed E-state index contributed by atoms with van der Waals surface area (Å²) in [5.41, 5.74) is 1.77. The van der Waals surface area contributed by atoms with Gasteiger partial charge in [0.25, 0.3) is 5.56 Å². The molecule has 1 aromatic rings. The molecule has 3 aliphatic rings. The van der Waals surface area contributed by atoms with Gasteiger partial charge in [0.2, 0.25) is 5.91 Å². The highest BCUT2D eigenvalue weighted by Crippen LogP contribution is 2.30. The third-order valence-electron chi connectivity index (χ3n) is 6.38. The van der Waals surface area contributed by atoms with Crippen molar-refractivity contribution in [3.8, 4) is 0 Å². The van der Waals surface area contributed by atoms with Gasteiger partial charge in [-0.25, -0.2) is 4.98 Å². The number of H-pyrrole nitrogens is 1. The molecule has 1 N–H and O–H groups in total. The van der Waals surface area contributed by atoms with Gasteiger partial charge in [0.15, 0.2) is 0 Å². The van der Waals surface area contributed by atoms with Crippen LogP contribution in [0, 0.1) is 5.92 Å². The lowest BCUT2D eigenvalue weighted by atomic mass is 9.95. The van der Waals surface area contributed by atoms with Crippen LogP contribution in [0.15, 0.2) is 4.79 Å². The lowest BCUT2D eigenvalue weighted by Gasteiger charge is -2.33. The first-order valence-electron chi connectivity index (χ1n) is 10.2. The van der Waals surface area contributed by atoms with Crippen molar-refractivity contribution in [1.29, 1.82) is 0 Å². The standard InChI is InChI=1S/C20H30N4O2/c1-23-10-8-17-16(13-23)20(26)22-19(21-17)15-7-4-9-24(12-15)18(25)11-14-5-2-3-6-14/h14-15H,2-13H2,1H3,(H,21,22,26)/t15-/m1/s1. The molecule has 142 valence electrons. The Morgan fingerprint density at radius 3 is 2.81 bits per heavy atom. The number of aromatic nitrogens is 2. The number of nitrogens with zero attached hydrogens (tertiary/aromatic N) is 3. The van der Waals surface area contributed by atoms with Crippen molar-refractivity contribution in [2.75, 3.05) is 26.7 Å². The first-order valence-corrected chi connectivity index (χ1v) is 10.2. The first kappa shape index (κ1) is 17.7. The van der Waals surface area contributed by atoms with Gasteiger partial charge in [0.1, 0.15) is 5.82 Å². The molecule has 1 aliphatic carbocycles. The molecule has 2 fully saturated rings. The molecule has 1 aromatic heterocycles. The number of hydrogen-bond donors (Lipinski definition) is 1. The molecule has 2 aliphatic heterocycles. The average Bonchev–Trinajstić information content (AvgIpc) is 3.15. The van der Waals surface area contributed by atoms with Crippen molar-refractivity contribution in [2.45, 2.75) is 63.8 Å². The summed E-state index contributed by atoms with van der Waals surface area (Å²) in [6.45, 7) is 3.17. The number of hydrogen-bond acceptors (Lipinski definition) is 4. The summed E-state index contributed by atoms with van der Waals surface area (Å²) in [7, 11) is 2.03.